The van der Waals surface area contributed by atoms with Crippen LogP contribution in [-0.4, -0.2) is 75.9 Å². The van der Waals surface area contributed by atoms with Gasteiger partial charge in [-0.15, -0.1) is 24.0 Å². The van der Waals surface area contributed by atoms with Crippen LogP contribution in [-0.2, 0) is 13.0 Å². The smallest absolute Gasteiger partial charge is 0.216 e. The first-order chi connectivity index (χ1) is 13.8. The highest BCUT2D eigenvalue weighted by atomic mass is 127. The standard InChI is InChI=1S/C18H24N8O2.HI/c1-19-18(26-9-7-25(8-10-26)13-14-5-12-28-24-14)20-6-4-16-21-17(23-22-16)15-3-2-11-27-15;/h2-3,5,11-12H,4,6-10,13H2,1H3,(H,19,20)(H,21,22,23);1H. The van der Waals surface area contributed by atoms with Crippen molar-refractivity contribution in [1.29, 1.82) is 0 Å². The number of H-pyrrole nitrogens is 1. The summed E-state index contributed by atoms with van der Waals surface area (Å²) in [5, 5.41) is 14.5. The van der Waals surface area contributed by atoms with Crippen LogP contribution in [0.2, 0.25) is 0 Å². The van der Waals surface area contributed by atoms with E-state index in [4.69, 9.17) is 8.94 Å². The van der Waals surface area contributed by atoms with Gasteiger partial charge in [0.2, 0.25) is 5.82 Å². The van der Waals surface area contributed by atoms with Gasteiger partial charge in [0.05, 0.1) is 12.0 Å². The number of hydrogen-bond donors (Lipinski definition) is 2. The molecule has 3 aromatic heterocycles. The summed E-state index contributed by atoms with van der Waals surface area (Å²) in [6.45, 7) is 5.30. The second-order valence-electron chi connectivity index (χ2n) is 6.56. The molecule has 10 nitrogen and oxygen atoms in total. The van der Waals surface area contributed by atoms with E-state index in [-0.39, 0.29) is 24.0 Å². The molecule has 0 aromatic carbocycles. The maximum atomic E-state index is 5.31. The zero-order valence-electron chi connectivity index (χ0n) is 16.2. The Labute approximate surface area is 185 Å². The number of aromatic amines is 1. The molecule has 1 aliphatic heterocycles. The second kappa shape index (κ2) is 10.4. The molecule has 1 aliphatic rings. The van der Waals surface area contributed by atoms with Gasteiger partial charge in [-0.25, -0.2) is 4.98 Å². The normalized spacial score (nSPS) is 15.3. The number of aliphatic imine (C=N–C) groups is 1. The number of hydrogen-bond acceptors (Lipinski definition) is 7. The van der Waals surface area contributed by atoms with Gasteiger partial charge in [0.15, 0.2) is 11.7 Å². The van der Waals surface area contributed by atoms with E-state index in [1.54, 1.807) is 12.5 Å². The van der Waals surface area contributed by atoms with E-state index in [2.05, 4.69) is 40.4 Å². The lowest BCUT2D eigenvalue weighted by atomic mass is 10.3. The number of rotatable bonds is 6. The lowest BCUT2D eigenvalue weighted by Gasteiger charge is -2.36. The molecular formula is C18H25IN8O2. The van der Waals surface area contributed by atoms with Crippen molar-refractivity contribution in [2.24, 2.45) is 4.99 Å². The van der Waals surface area contributed by atoms with Crippen LogP contribution in [0.1, 0.15) is 11.5 Å². The van der Waals surface area contributed by atoms with Crippen molar-refractivity contribution in [3.05, 3.63) is 42.2 Å². The molecule has 4 rings (SSSR count). The fraction of sp³-hybridized carbons (Fsp3) is 0.444. The average molecular weight is 512 g/mol. The zero-order valence-corrected chi connectivity index (χ0v) is 18.6. The number of piperazine rings is 1. The summed E-state index contributed by atoms with van der Waals surface area (Å²) in [6, 6.07) is 5.57. The fourth-order valence-electron chi connectivity index (χ4n) is 3.21. The predicted octanol–water partition coefficient (Wildman–Crippen LogP) is 1.61. The maximum absolute atomic E-state index is 5.31. The summed E-state index contributed by atoms with van der Waals surface area (Å²) < 4.78 is 10.2. The van der Waals surface area contributed by atoms with Crippen LogP contribution in [0, 0.1) is 0 Å². The first-order valence-corrected chi connectivity index (χ1v) is 9.34. The third kappa shape index (κ3) is 5.56. The summed E-state index contributed by atoms with van der Waals surface area (Å²) >= 11 is 0. The summed E-state index contributed by atoms with van der Waals surface area (Å²) in [6.07, 6.45) is 3.95. The number of halogens is 1. The van der Waals surface area contributed by atoms with Crippen LogP contribution < -0.4 is 5.32 Å². The molecule has 2 N–H and O–H groups in total. The molecular weight excluding hydrogens is 487 g/mol. The molecule has 29 heavy (non-hydrogen) atoms. The predicted molar refractivity (Wildman–Crippen MR) is 118 cm³/mol. The Morgan fingerprint density at radius 3 is 2.79 bits per heavy atom. The Hall–Kier alpha value is -2.41. The molecule has 1 fully saturated rings. The van der Waals surface area contributed by atoms with Crippen LogP contribution in [0.25, 0.3) is 11.6 Å². The van der Waals surface area contributed by atoms with Crippen LogP contribution >= 0.6 is 24.0 Å². The highest BCUT2D eigenvalue weighted by molar-refractivity contribution is 14.0. The SMILES string of the molecule is CN=C(NCCc1nc(-c2ccco2)n[nH]1)N1CCN(Cc2ccon2)CC1.I. The lowest BCUT2D eigenvalue weighted by Crippen LogP contribution is -2.52. The van der Waals surface area contributed by atoms with Crippen LogP contribution in [0.15, 0.2) is 44.7 Å². The Morgan fingerprint density at radius 1 is 1.24 bits per heavy atom. The molecule has 3 aromatic rings. The molecule has 0 amide bonds. The third-order valence-corrected chi connectivity index (χ3v) is 4.68. The van der Waals surface area contributed by atoms with Gasteiger partial charge < -0.3 is 19.2 Å². The van der Waals surface area contributed by atoms with Crippen LogP contribution in [0.5, 0.6) is 0 Å². The van der Waals surface area contributed by atoms with Gasteiger partial charge in [-0.3, -0.25) is 15.0 Å². The summed E-state index contributed by atoms with van der Waals surface area (Å²) in [5.74, 6) is 2.96. The number of nitrogens with zero attached hydrogens (tertiary/aromatic N) is 6. The molecule has 0 unspecified atom stereocenters. The van der Waals surface area contributed by atoms with E-state index in [0.29, 0.717) is 11.6 Å². The second-order valence-corrected chi connectivity index (χ2v) is 6.56. The number of furan rings is 1. The first-order valence-electron chi connectivity index (χ1n) is 9.34. The van der Waals surface area contributed by atoms with E-state index >= 15 is 0 Å². The molecule has 11 heteroatoms. The van der Waals surface area contributed by atoms with Crippen molar-refractivity contribution in [1.82, 2.24) is 35.5 Å². The number of aromatic nitrogens is 4. The van der Waals surface area contributed by atoms with Gasteiger partial charge in [-0.1, -0.05) is 5.16 Å². The summed E-state index contributed by atoms with van der Waals surface area (Å²) in [4.78, 5) is 13.5. The minimum absolute atomic E-state index is 0. The molecule has 0 radical (unpaired) electrons. The number of nitrogens with one attached hydrogen (secondary N) is 2. The van der Waals surface area contributed by atoms with Gasteiger partial charge in [-0.05, 0) is 12.1 Å². The molecule has 156 valence electrons. The van der Waals surface area contributed by atoms with E-state index in [0.717, 1.165) is 63.2 Å². The topological polar surface area (TPSA) is 112 Å². The molecule has 0 aliphatic carbocycles. The van der Waals surface area contributed by atoms with E-state index < -0.39 is 0 Å². The zero-order chi connectivity index (χ0) is 19.2. The minimum Gasteiger partial charge on any atom is -0.461 e. The first kappa shape index (κ1) is 21.3. The van der Waals surface area contributed by atoms with Gasteiger partial charge >= 0.3 is 0 Å². The average Bonchev–Trinajstić information content (AvgIpc) is 3.48. The molecule has 4 heterocycles. The van der Waals surface area contributed by atoms with Crippen molar-refractivity contribution in [3.8, 4) is 11.6 Å². The van der Waals surface area contributed by atoms with Crippen molar-refractivity contribution in [2.75, 3.05) is 39.8 Å². The van der Waals surface area contributed by atoms with Gasteiger partial charge in [0.25, 0.3) is 0 Å². The largest absolute Gasteiger partial charge is 0.461 e. The molecule has 0 saturated carbocycles. The van der Waals surface area contributed by atoms with E-state index in [9.17, 15) is 0 Å². The Kier molecular flexibility index (Phi) is 7.63. The molecule has 1 saturated heterocycles. The quantitative estimate of drug-likeness (QED) is 0.291. The van der Waals surface area contributed by atoms with Crippen molar-refractivity contribution >= 4 is 29.9 Å². The third-order valence-electron chi connectivity index (χ3n) is 4.68. The van der Waals surface area contributed by atoms with Crippen molar-refractivity contribution in [3.63, 3.8) is 0 Å². The lowest BCUT2D eigenvalue weighted by molar-refractivity contribution is 0.169. The van der Waals surface area contributed by atoms with E-state index in [1.165, 1.54) is 0 Å². The van der Waals surface area contributed by atoms with Crippen molar-refractivity contribution in [2.45, 2.75) is 13.0 Å². The van der Waals surface area contributed by atoms with E-state index in [1.807, 2.05) is 25.2 Å². The maximum Gasteiger partial charge on any atom is 0.216 e. The Bertz CT molecular complexity index is 870. The van der Waals surface area contributed by atoms with Gasteiger partial charge in [0.1, 0.15) is 12.1 Å². The van der Waals surface area contributed by atoms with Crippen molar-refractivity contribution < 1.29 is 8.94 Å². The van der Waals surface area contributed by atoms with Gasteiger partial charge in [0, 0.05) is 58.8 Å². The fourth-order valence-corrected chi connectivity index (χ4v) is 3.21. The summed E-state index contributed by atoms with van der Waals surface area (Å²) in [5.41, 5.74) is 0.969. The van der Waals surface area contributed by atoms with Crippen LogP contribution in [0.3, 0.4) is 0 Å². The monoisotopic (exact) mass is 512 g/mol. The minimum atomic E-state index is 0. The molecule has 0 bridgehead atoms. The molecule has 0 atom stereocenters. The Balaban J connectivity index is 0.00000240. The van der Waals surface area contributed by atoms with Gasteiger partial charge in [-0.2, -0.15) is 5.10 Å². The Morgan fingerprint density at radius 2 is 2.10 bits per heavy atom. The number of guanidine groups is 1. The highest BCUT2D eigenvalue weighted by Crippen LogP contribution is 2.14. The van der Waals surface area contributed by atoms with Crippen LogP contribution in [0.4, 0.5) is 0 Å². The molecule has 0 spiro atoms. The highest BCUT2D eigenvalue weighted by Gasteiger charge is 2.20. The summed E-state index contributed by atoms with van der Waals surface area (Å²) in [7, 11) is 1.81.